The molecule has 0 aromatic heterocycles. The molecular formula is C21H33N3O2. The first-order valence-electron chi connectivity index (χ1n) is 9.92. The normalized spacial score (nSPS) is 22.8. The first kappa shape index (κ1) is 19.2. The van der Waals surface area contributed by atoms with Crippen molar-refractivity contribution in [3.05, 3.63) is 29.8 Å². The van der Waals surface area contributed by atoms with Crippen molar-refractivity contribution in [1.29, 1.82) is 0 Å². The van der Waals surface area contributed by atoms with Gasteiger partial charge in [0.2, 0.25) is 5.91 Å². The van der Waals surface area contributed by atoms with E-state index in [1.54, 1.807) is 7.11 Å². The summed E-state index contributed by atoms with van der Waals surface area (Å²) in [4.78, 5) is 19.2. The molecule has 2 saturated heterocycles. The Labute approximate surface area is 157 Å². The smallest absolute Gasteiger partial charge is 0.222 e. The lowest BCUT2D eigenvalue weighted by Gasteiger charge is -2.40. The second-order valence-corrected chi connectivity index (χ2v) is 7.97. The molecule has 0 radical (unpaired) electrons. The molecule has 0 N–H and O–H groups in total. The Morgan fingerprint density at radius 2 is 1.88 bits per heavy atom. The minimum atomic E-state index is 0.324. The van der Waals surface area contributed by atoms with Crippen LogP contribution in [-0.4, -0.2) is 73.0 Å². The molecule has 3 rings (SSSR count). The van der Waals surface area contributed by atoms with Crippen LogP contribution in [0.5, 0.6) is 5.75 Å². The van der Waals surface area contributed by atoms with Crippen LogP contribution in [-0.2, 0) is 11.3 Å². The molecule has 2 fully saturated rings. The average molecular weight is 360 g/mol. The zero-order valence-electron chi connectivity index (χ0n) is 16.5. The Balaban J connectivity index is 1.44. The van der Waals surface area contributed by atoms with Crippen LogP contribution in [0.4, 0.5) is 0 Å². The van der Waals surface area contributed by atoms with E-state index in [0.717, 1.165) is 64.4 Å². The SMILES string of the molecule is COc1cccc(CN2CCN(CC3CCC(=O)N(C(C)C)C3)CC2)c1. The van der Waals surface area contributed by atoms with Gasteiger partial charge in [0.25, 0.3) is 0 Å². The standard InChI is InChI=1S/C21H33N3O2/c1-17(2)24-16-19(7-8-21(24)25)15-23-11-9-22(10-12-23)14-18-5-4-6-20(13-18)26-3/h4-6,13,17,19H,7-12,14-16H2,1-3H3. The van der Waals surface area contributed by atoms with Gasteiger partial charge in [-0.25, -0.2) is 0 Å². The number of rotatable bonds is 6. The maximum atomic E-state index is 12.0. The number of likely N-dealkylation sites (tertiary alicyclic amines) is 1. The minimum absolute atomic E-state index is 0.324. The molecule has 0 spiro atoms. The maximum absolute atomic E-state index is 12.0. The van der Waals surface area contributed by atoms with E-state index in [0.29, 0.717) is 17.9 Å². The van der Waals surface area contributed by atoms with Crippen molar-refractivity contribution >= 4 is 5.91 Å². The summed E-state index contributed by atoms with van der Waals surface area (Å²) in [6.07, 6.45) is 1.77. The molecule has 1 amide bonds. The summed E-state index contributed by atoms with van der Waals surface area (Å²) in [6.45, 7) is 11.8. The highest BCUT2D eigenvalue weighted by molar-refractivity contribution is 5.77. The van der Waals surface area contributed by atoms with Gasteiger partial charge in [-0.3, -0.25) is 9.69 Å². The third-order valence-corrected chi connectivity index (χ3v) is 5.69. The molecule has 26 heavy (non-hydrogen) atoms. The van der Waals surface area contributed by atoms with Gasteiger partial charge in [-0.1, -0.05) is 12.1 Å². The van der Waals surface area contributed by atoms with E-state index in [-0.39, 0.29) is 0 Å². The quantitative estimate of drug-likeness (QED) is 0.782. The van der Waals surface area contributed by atoms with E-state index in [1.165, 1.54) is 5.56 Å². The molecule has 1 aromatic rings. The summed E-state index contributed by atoms with van der Waals surface area (Å²) < 4.78 is 5.32. The fraction of sp³-hybridized carbons (Fsp3) is 0.667. The van der Waals surface area contributed by atoms with Crippen LogP contribution in [0.2, 0.25) is 0 Å². The first-order chi connectivity index (χ1) is 12.5. The van der Waals surface area contributed by atoms with Crippen molar-refractivity contribution in [3.63, 3.8) is 0 Å². The Morgan fingerprint density at radius 3 is 2.58 bits per heavy atom. The highest BCUT2D eigenvalue weighted by Gasteiger charge is 2.29. The Hall–Kier alpha value is -1.59. The van der Waals surface area contributed by atoms with E-state index in [9.17, 15) is 4.79 Å². The van der Waals surface area contributed by atoms with Gasteiger partial charge in [-0.2, -0.15) is 0 Å². The molecule has 1 aromatic carbocycles. The lowest BCUT2D eigenvalue weighted by atomic mass is 9.95. The zero-order chi connectivity index (χ0) is 18.5. The number of hydrogen-bond acceptors (Lipinski definition) is 4. The third kappa shape index (κ3) is 4.98. The van der Waals surface area contributed by atoms with Gasteiger partial charge >= 0.3 is 0 Å². The summed E-state index contributed by atoms with van der Waals surface area (Å²) in [7, 11) is 1.72. The number of piperazine rings is 1. The molecular weight excluding hydrogens is 326 g/mol. The molecule has 2 aliphatic heterocycles. The van der Waals surface area contributed by atoms with Gasteiger partial charge in [-0.05, 0) is 43.9 Å². The summed E-state index contributed by atoms with van der Waals surface area (Å²) in [5, 5.41) is 0. The number of methoxy groups -OCH3 is 1. The second-order valence-electron chi connectivity index (χ2n) is 7.97. The number of benzene rings is 1. The number of amides is 1. The van der Waals surface area contributed by atoms with Crippen LogP contribution in [0.25, 0.3) is 0 Å². The van der Waals surface area contributed by atoms with Crippen LogP contribution in [0, 0.1) is 5.92 Å². The van der Waals surface area contributed by atoms with Crippen LogP contribution in [0.3, 0.4) is 0 Å². The lowest BCUT2D eigenvalue weighted by molar-refractivity contribution is -0.137. The molecule has 0 bridgehead atoms. The topological polar surface area (TPSA) is 36.0 Å². The number of ether oxygens (including phenoxy) is 1. The Morgan fingerprint density at radius 1 is 1.15 bits per heavy atom. The average Bonchev–Trinajstić information content (AvgIpc) is 2.65. The van der Waals surface area contributed by atoms with Crippen LogP contribution in [0.1, 0.15) is 32.3 Å². The van der Waals surface area contributed by atoms with Crippen LogP contribution in [0.15, 0.2) is 24.3 Å². The molecule has 0 saturated carbocycles. The largest absolute Gasteiger partial charge is 0.497 e. The highest BCUT2D eigenvalue weighted by atomic mass is 16.5. The lowest BCUT2D eigenvalue weighted by Crippen LogP contribution is -2.51. The molecule has 1 atom stereocenters. The van der Waals surface area contributed by atoms with Gasteiger partial charge in [-0.15, -0.1) is 0 Å². The van der Waals surface area contributed by atoms with Gasteiger partial charge in [0.15, 0.2) is 0 Å². The van der Waals surface area contributed by atoms with E-state index in [4.69, 9.17) is 4.74 Å². The molecule has 144 valence electrons. The summed E-state index contributed by atoms with van der Waals surface area (Å²) in [5.41, 5.74) is 1.32. The predicted molar refractivity (Wildman–Crippen MR) is 104 cm³/mol. The number of hydrogen-bond donors (Lipinski definition) is 0. The summed E-state index contributed by atoms with van der Waals surface area (Å²) in [5.74, 6) is 1.89. The fourth-order valence-electron chi connectivity index (χ4n) is 4.11. The van der Waals surface area contributed by atoms with Crippen LogP contribution >= 0.6 is 0 Å². The molecule has 2 heterocycles. The second kappa shape index (κ2) is 8.87. The van der Waals surface area contributed by atoms with Crippen molar-refractivity contribution in [2.75, 3.05) is 46.4 Å². The number of nitrogens with zero attached hydrogens (tertiary/aromatic N) is 3. The number of carbonyl (C=O) groups excluding carboxylic acids is 1. The molecule has 5 heteroatoms. The van der Waals surface area contributed by atoms with Crippen molar-refractivity contribution in [2.24, 2.45) is 5.92 Å². The van der Waals surface area contributed by atoms with E-state index in [1.807, 2.05) is 6.07 Å². The Kier molecular flexibility index (Phi) is 6.54. The van der Waals surface area contributed by atoms with Gasteiger partial charge in [0, 0.05) is 58.3 Å². The van der Waals surface area contributed by atoms with Crippen molar-refractivity contribution < 1.29 is 9.53 Å². The molecule has 1 unspecified atom stereocenters. The predicted octanol–water partition coefficient (Wildman–Crippen LogP) is 2.46. The summed E-state index contributed by atoms with van der Waals surface area (Å²) in [6, 6.07) is 8.69. The molecule has 5 nitrogen and oxygen atoms in total. The number of carbonyl (C=O) groups is 1. The van der Waals surface area contributed by atoms with E-state index < -0.39 is 0 Å². The van der Waals surface area contributed by atoms with Crippen LogP contribution < -0.4 is 4.74 Å². The monoisotopic (exact) mass is 359 g/mol. The summed E-state index contributed by atoms with van der Waals surface area (Å²) >= 11 is 0. The zero-order valence-corrected chi connectivity index (χ0v) is 16.5. The van der Waals surface area contributed by atoms with Crippen molar-refractivity contribution in [1.82, 2.24) is 14.7 Å². The van der Waals surface area contributed by atoms with Gasteiger partial charge in [0.1, 0.15) is 5.75 Å². The van der Waals surface area contributed by atoms with Gasteiger partial charge in [0.05, 0.1) is 7.11 Å². The molecule has 0 aliphatic carbocycles. The Bertz CT molecular complexity index is 597. The fourth-order valence-corrected chi connectivity index (χ4v) is 4.11. The molecule has 2 aliphatic rings. The maximum Gasteiger partial charge on any atom is 0.222 e. The third-order valence-electron chi connectivity index (χ3n) is 5.69. The van der Waals surface area contributed by atoms with E-state index in [2.05, 4.69) is 46.7 Å². The van der Waals surface area contributed by atoms with Gasteiger partial charge < -0.3 is 14.5 Å². The van der Waals surface area contributed by atoms with E-state index >= 15 is 0 Å². The highest BCUT2D eigenvalue weighted by Crippen LogP contribution is 2.21. The first-order valence-corrected chi connectivity index (χ1v) is 9.92. The van der Waals surface area contributed by atoms with Crippen molar-refractivity contribution in [3.8, 4) is 5.75 Å². The number of piperidine rings is 1. The minimum Gasteiger partial charge on any atom is -0.497 e. The van der Waals surface area contributed by atoms with Crippen molar-refractivity contribution in [2.45, 2.75) is 39.3 Å².